The first kappa shape index (κ1) is 55.0. The molecule has 6 aromatic rings. The zero-order valence-electron chi connectivity index (χ0n) is 43.5. The van der Waals surface area contributed by atoms with Crippen molar-refractivity contribution >= 4 is 40.9 Å². The molecule has 0 bridgehead atoms. The molecule has 77 heavy (non-hydrogen) atoms. The fourth-order valence-corrected chi connectivity index (χ4v) is 9.68. The molecule has 19 nitrogen and oxygen atoms in total. The van der Waals surface area contributed by atoms with Crippen LogP contribution >= 0.6 is 0 Å². The van der Waals surface area contributed by atoms with Crippen molar-refractivity contribution in [3.05, 3.63) is 167 Å². The average molecular weight is 1050 g/mol. The van der Waals surface area contributed by atoms with E-state index in [1.165, 1.54) is 30.9 Å². The Kier molecular flexibility index (Phi) is 19.0. The number of piperazine rings is 2. The summed E-state index contributed by atoms with van der Waals surface area (Å²) >= 11 is 0. The molecular formula is C57H65FN14O5. The third-order valence-corrected chi connectivity index (χ3v) is 14.0. The maximum atomic E-state index is 15.0. The molecule has 6 heterocycles. The number of hydrogen-bond acceptors (Lipinski definition) is 14. The number of piperidine rings is 1. The summed E-state index contributed by atoms with van der Waals surface area (Å²) in [7, 11) is 0. The van der Waals surface area contributed by atoms with Gasteiger partial charge in [-0.3, -0.25) is 28.9 Å². The van der Waals surface area contributed by atoms with Crippen LogP contribution in [-0.2, 0) is 22.6 Å². The number of carbonyl (C=O) groups is 5. The van der Waals surface area contributed by atoms with Gasteiger partial charge in [-0.1, -0.05) is 54.1 Å². The number of benzene rings is 3. The summed E-state index contributed by atoms with van der Waals surface area (Å²) in [6, 6.07) is 24.2. The van der Waals surface area contributed by atoms with Crippen LogP contribution in [0, 0.1) is 31.0 Å². The van der Waals surface area contributed by atoms with Crippen LogP contribution < -0.4 is 16.4 Å². The Hall–Kier alpha value is -8.20. The van der Waals surface area contributed by atoms with Crippen molar-refractivity contribution < 1.29 is 28.4 Å². The molecule has 0 aliphatic carbocycles. The van der Waals surface area contributed by atoms with Gasteiger partial charge in [-0.15, -0.1) is 0 Å². The monoisotopic (exact) mass is 1040 g/mol. The Morgan fingerprint density at radius 1 is 0.688 bits per heavy atom. The lowest BCUT2D eigenvalue weighted by molar-refractivity contribution is -0.134. The van der Waals surface area contributed by atoms with E-state index < -0.39 is 17.6 Å². The van der Waals surface area contributed by atoms with Crippen LogP contribution in [-0.4, -0.2) is 170 Å². The van der Waals surface area contributed by atoms with Gasteiger partial charge in [-0.05, 0) is 80.1 Å². The normalized spacial score (nSPS) is 15.3. The number of likely N-dealkylation sites (tertiary alicyclic amines) is 1. The van der Waals surface area contributed by atoms with E-state index in [2.05, 4.69) is 45.4 Å². The fraction of sp³-hybridized carbons (Fsp3) is 0.351. The number of amides is 5. The Bertz CT molecular complexity index is 3030. The highest BCUT2D eigenvalue weighted by Crippen LogP contribution is 2.28. The van der Waals surface area contributed by atoms with E-state index >= 15 is 4.39 Å². The molecule has 0 radical (unpaired) electrons. The first-order valence-electron chi connectivity index (χ1n) is 25.9. The molecule has 3 saturated heterocycles. The van der Waals surface area contributed by atoms with Gasteiger partial charge >= 0.3 is 0 Å². The van der Waals surface area contributed by atoms with E-state index in [0.29, 0.717) is 55.5 Å². The van der Waals surface area contributed by atoms with Gasteiger partial charge in [0.25, 0.3) is 11.8 Å². The number of nitrogens with two attached hydrogens (primary N) is 1. The molecule has 5 N–H and O–H groups in total. The van der Waals surface area contributed by atoms with Gasteiger partial charge in [0.2, 0.25) is 17.7 Å². The molecular weight excluding hydrogens is 980 g/mol. The van der Waals surface area contributed by atoms with Crippen LogP contribution in [0.25, 0.3) is 11.1 Å². The average Bonchev–Trinajstić information content (AvgIpc) is 3.45. The van der Waals surface area contributed by atoms with Gasteiger partial charge in [0.15, 0.2) is 5.69 Å². The summed E-state index contributed by atoms with van der Waals surface area (Å²) < 4.78 is 15.0. The number of aromatic nitrogens is 5. The van der Waals surface area contributed by atoms with Crippen LogP contribution in [0.2, 0.25) is 0 Å². The molecule has 9 rings (SSSR count). The van der Waals surface area contributed by atoms with Gasteiger partial charge < -0.3 is 41.4 Å². The Labute approximate surface area is 447 Å². The second-order valence-corrected chi connectivity index (χ2v) is 19.6. The van der Waals surface area contributed by atoms with Gasteiger partial charge in [-0.25, -0.2) is 29.3 Å². The minimum Gasteiger partial charge on any atom is -0.366 e. The molecule has 3 fully saturated rings. The second-order valence-electron chi connectivity index (χ2n) is 19.6. The second kappa shape index (κ2) is 26.5. The number of rotatable bonds is 16. The van der Waals surface area contributed by atoms with Gasteiger partial charge in [0.1, 0.15) is 18.5 Å². The Balaban J connectivity index is 0.00000104. The van der Waals surface area contributed by atoms with Gasteiger partial charge in [0.05, 0.1) is 30.0 Å². The van der Waals surface area contributed by atoms with Gasteiger partial charge in [0, 0.05) is 132 Å². The zero-order chi connectivity index (χ0) is 54.3. The van der Waals surface area contributed by atoms with Crippen LogP contribution in [0.1, 0.15) is 72.1 Å². The van der Waals surface area contributed by atoms with Crippen LogP contribution in [0.5, 0.6) is 0 Å². The van der Waals surface area contributed by atoms with Crippen molar-refractivity contribution in [1.29, 1.82) is 5.41 Å². The molecule has 3 aromatic carbocycles. The zero-order valence-corrected chi connectivity index (χ0v) is 43.5. The number of anilines is 1. The number of nitrogens with one attached hydrogen (secondary N) is 3. The van der Waals surface area contributed by atoms with Crippen LogP contribution in [0.4, 0.5) is 10.1 Å². The van der Waals surface area contributed by atoms with Crippen molar-refractivity contribution in [2.45, 2.75) is 39.7 Å². The van der Waals surface area contributed by atoms with Gasteiger partial charge in [-0.2, -0.15) is 0 Å². The molecule has 0 unspecified atom stereocenters. The third-order valence-electron chi connectivity index (χ3n) is 14.0. The first-order chi connectivity index (χ1) is 37.3. The molecule has 400 valence electrons. The van der Waals surface area contributed by atoms with E-state index in [9.17, 15) is 24.0 Å². The molecule has 5 amide bonds. The highest BCUT2D eigenvalue weighted by atomic mass is 19.1. The van der Waals surface area contributed by atoms with Crippen LogP contribution in [0.3, 0.4) is 0 Å². The number of hydrogen-bond donors (Lipinski definition) is 4. The van der Waals surface area contributed by atoms with Crippen molar-refractivity contribution in [1.82, 2.24) is 54.7 Å². The minimum absolute atomic E-state index is 0.00206. The predicted octanol–water partition coefficient (Wildman–Crippen LogP) is 4.66. The summed E-state index contributed by atoms with van der Waals surface area (Å²) in [6.07, 6.45) is 9.80. The minimum atomic E-state index is -0.664. The third kappa shape index (κ3) is 15.2. The molecule has 0 atom stereocenters. The van der Waals surface area contributed by atoms with E-state index in [4.69, 9.17) is 11.1 Å². The lowest BCUT2D eigenvalue weighted by Crippen LogP contribution is -2.55. The number of pyridine rings is 1. The maximum Gasteiger partial charge on any atom is 0.274 e. The van der Waals surface area contributed by atoms with Crippen LogP contribution in [0.15, 0.2) is 116 Å². The summed E-state index contributed by atoms with van der Waals surface area (Å²) in [5.74, 6) is -1.90. The first-order valence-corrected chi connectivity index (χ1v) is 25.9. The molecule has 0 spiro atoms. The van der Waals surface area contributed by atoms with E-state index in [1.54, 1.807) is 58.7 Å². The topological polar surface area (TPSA) is 240 Å². The van der Waals surface area contributed by atoms with Crippen molar-refractivity contribution in [2.24, 2.45) is 11.7 Å². The number of primary amides is 1. The van der Waals surface area contributed by atoms with E-state index in [0.717, 1.165) is 73.6 Å². The van der Waals surface area contributed by atoms with Crippen molar-refractivity contribution in [3.8, 4) is 11.1 Å². The molecule has 3 aliphatic rings. The summed E-state index contributed by atoms with van der Waals surface area (Å²) in [4.78, 5) is 96.2. The highest BCUT2D eigenvalue weighted by Gasteiger charge is 2.31. The summed E-state index contributed by atoms with van der Waals surface area (Å²) in [5.41, 5.74) is 11.8. The smallest absolute Gasteiger partial charge is 0.274 e. The fourth-order valence-electron chi connectivity index (χ4n) is 9.68. The van der Waals surface area contributed by atoms with Crippen molar-refractivity contribution in [2.75, 3.05) is 90.4 Å². The number of nitrogens with zero attached hydrogens (tertiary/aromatic N) is 10. The number of carbonyl (C=O) groups excluding carboxylic acids is 5. The van der Waals surface area contributed by atoms with E-state index in [1.807, 2.05) is 55.1 Å². The lowest BCUT2D eigenvalue weighted by atomic mass is 9.95. The molecule has 0 saturated carbocycles. The predicted molar refractivity (Wildman–Crippen MR) is 289 cm³/mol. The molecule has 20 heteroatoms. The Morgan fingerprint density at radius 3 is 2.04 bits per heavy atom. The molecule has 3 aromatic heterocycles. The number of halogens is 1. The number of aryl methyl sites for hydroxylation is 2. The lowest BCUT2D eigenvalue weighted by Gasteiger charge is -2.40. The summed E-state index contributed by atoms with van der Waals surface area (Å²) in [6.45, 7) is 11.1. The summed E-state index contributed by atoms with van der Waals surface area (Å²) in [5, 5.41) is 14.6. The molecule has 3 aliphatic heterocycles. The standard InChI is InChI=1S/C52H59FN12O5.C5H6N2/c1-35-5-4-6-38(25-35)39-28-46(60-47(66)31-57-30-40-11-14-56-34-59-40)49(58-29-39)52(70)64-15-12-36(13-16-64)32-61-17-19-62(20-18-61)33-48(67)63-21-23-65(24-22-63)51(69)43-26-37(9-10-44(43)53)27-45(54)41-7-2-3-8-42(41)50(55)68;1-5-2-3-6-4-7-5/h2-11,14,25-26,28-29,34,36,54,57H,12-13,15-24,27,30-33H2,1H3,(H2,55,68)(H,60,66);2-4H,1H3. The van der Waals surface area contributed by atoms with E-state index in [-0.39, 0.29) is 72.9 Å². The SMILES string of the molecule is Cc1cccc(-c2cnc(C(=O)N3CCC(CN4CCN(CC(=O)N5CCN(C(=O)c6cc(CC(=N)c7ccccc7C(N)=O)ccc6F)CC5)CC4)CC3)c(NC(=O)CNCc3ccncn3)c2)c1.Cc1ccncn1. The maximum absolute atomic E-state index is 15.0. The Morgan fingerprint density at radius 2 is 1.38 bits per heavy atom. The largest absolute Gasteiger partial charge is 0.366 e. The highest BCUT2D eigenvalue weighted by molar-refractivity contribution is 6.09. The van der Waals surface area contributed by atoms with Crippen molar-refractivity contribution in [3.63, 3.8) is 0 Å². The quantitative estimate of drug-likeness (QED) is 0.0966.